The summed E-state index contributed by atoms with van der Waals surface area (Å²) in [6.07, 6.45) is 3.38. The Morgan fingerprint density at radius 3 is 2.75 bits per heavy atom. The molecule has 1 saturated heterocycles. The van der Waals surface area contributed by atoms with Gasteiger partial charge >= 0.3 is 6.09 Å². The van der Waals surface area contributed by atoms with Crippen molar-refractivity contribution in [2.75, 3.05) is 26.7 Å². The second kappa shape index (κ2) is 7.59. The first kappa shape index (κ1) is 18.8. The van der Waals surface area contributed by atoms with E-state index in [2.05, 4.69) is 20.9 Å². The fourth-order valence-corrected chi connectivity index (χ4v) is 3.21. The monoisotopic (exact) mass is 399 g/mol. The average molecular weight is 400 g/mol. The molecule has 0 spiro atoms. The lowest BCUT2D eigenvalue weighted by molar-refractivity contribution is 0.0244. The Morgan fingerprint density at radius 2 is 2.17 bits per heavy atom. The molecule has 0 bridgehead atoms. The van der Waals surface area contributed by atoms with Gasteiger partial charge in [-0.1, -0.05) is 0 Å². The third kappa shape index (κ3) is 5.26. The number of hydrogen-bond acceptors (Lipinski definition) is 3. The van der Waals surface area contributed by atoms with Crippen LogP contribution in [-0.2, 0) is 4.74 Å². The van der Waals surface area contributed by atoms with Crippen molar-refractivity contribution < 1.29 is 14.3 Å². The first-order valence-electron chi connectivity index (χ1n) is 8.23. The van der Waals surface area contributed by atoms with Crippen LogP contribution >= 0.6 is 15.9 Å². The zero-order chi connectivity index (χ0) is 17.9. The van der Waals surface area contributed by atoms with Crippen molar-refractivity contribution in [1.29, 1.82) is 0 Å². The van der Waals surface area contributed by atoms with Gasteiger partial charge in [-0.15, -0.1) is 0 Å². The van der Waals surface area contributed by atoms with E-state index in [0.717, 1.165) is 23.9 Å². The smallest absolute Gasteiger partial charge is 0.410 e. The molecule has 2 heterocycles. The second-order valence-electron chi connectivity index (χ2n) is 7.35. The molecule has 0 radical (unpaired) electrons. The zero-order valence-corrected chi connectivity index (χ0v) is 16.4. The minimum atomic E-state index is -0.499. The van der Waals surface area contributed by atoms with Crippen LogP contribution in [-0.4, -0.2) is 59.1 Å². The number of nitrogens with zero attached hydrogens (tertiary/aromatic N) is 2. The number of carbonyl (C=O) groups excluding carboxylic acids is 2. The van der Waals surface area contributed by atoms with Gasteiger partial charge in [0.25, 0.3) is 5.91 Å². The molecule has 7 heteroatoms. The van der Waals surface area contributed by atoms with E-state index in [1.165, 1.54) is 0 Å². The quantitative estimate of drug-likeness (QED) is 0.845. The summed E-state index contributed by atoms with van der Waals surface area (Å²) in [4.78, 5) is 31.1. The molecule has 6 nitrogen and oxygen atoms in total. The Labute approximate surface area is 151 Å². The maximum Gasteiger partial charge on any atom is 0.410 e. The van der Waals surface area contributed by atoms with Gasteiger partial charge in [0.2, 0.25) is 0 Å². The molecule has 0 saturated carbocycles. The molecule has 1 fully saturated rings. The first-order valence-corrected chi connectivity index (χ1v) is 9.02. The van der Waals surface area contributed by atoms with E-state index in [1.54, 1.807) is 24.2 Å². The highest BCUT2D eigenvalue weighted by atomic mass is 79.9. The summed E-state index contributed by atoms with van der Waals surface area (Å²) in [5.74, 6) is 0.268. The molecule has 1 unspecified atom stereocenters. The maximum absolute atomic E-state index is 12.5. The van der Waals surface area contributed by atoms with Crippen molar-refractivity contribution in [3.63, 3.8) is 0 Å². The molecule has 24 heavy (non-hydrogen) atoms. The van der Waals surface area contributed by atoms with Crippen molar-refractivity contribution in [2.24, 2.45) is 5.92 Å². The number of ether oxygens (including phenoxy) is 1. The van der Waals surface area contributed by atoms with Gasteiger partial charge in [0, 0.05) is 37.4 Å². The lowest BCUT2D eigenvalue weighted by Crippen LogP contribution is -2.45. The summed E-state index contributed by atoms with van der Waals surface area (Å²) in [6.45, 7) is 7.56. The lowest BCUT2D eigenvalue weighted by atomic mass is 9.97. The molecular weight excluding hydrogens is 374 g/mol. The van der Waals surface area contributed by atoms with Crippen LogP contribution in [0.3, 0.4) is 0 Å². The highest BCUT2D eigenvalue weighted by molar-refractivity contribution is 9.10. The van der Waals surface area contributed by atoms with Gasteiger partial charge < -0.3 is 19.5 Å². The van der Waals surface area contributed by atoms with Crippen molar-refractivity contribution in [3.8, 4) is 0 Å². The fraction of sp³-hybridized carbons (Fsp3) is 0.647. The largest absolute Gasteiger partial charge is 0.444 e. The third-order valence-corrected chi connectivity index (χ3v) is 4.38. The van der Waals surface area contributed by atoms with Gasteiger partial charge in [-0.25, -0.2) is 4.79 Å². The molecule has 2 rings (SSSR count). The Kier molecular flexibility index (Phi) is 5.96. The number of nitrogens with one attached hydrogen (secondary N) is 1. The summed E-state index contributed by atoms with van der Waals surface area (Å²) >= 11 is 3.35. The highest BCUT2D eigenvalue weighted by Gasteiger charge is 2.28. The van der Waals surface area contributed by atoms with Crippen LogP contribution in [0.1, 0.15) is 44.1 Å². The fourth-order valence-electron chi connectivity index (χ4n) is 2.86. The average Bonchev–Trinajstić information content (AvgIpc) is 2.91. The summed E-state index contributed by atoms with van der Waals surface area (Å²) < 4.78 is 6.25. The molecule has 0 aliphatic carbocycles. The molecule has 1 N–H and O–H groups in total. The standard InChI is InChI=1S/C17H26BrN3O3/c1-17(2,3)24-16(23)20(4)10-12-6-5-7-21(11-12)15(22)14-8-13(18)9-19-14/h8-9,12,19H,5-7,10-11H2,1-4H3. The number of amides is 2. The van der Waals surface area contributed by atoms with Gasteiger partial charge in [0.05, 0.1) is 0 Å². The number of likely N-dealkylation sites (tertiary alicyclic amines) is 1. The van der Waals surface area contributed by atoms with Crippen LogP contribution in [0.5, 0.6) is 0 Å². The summed E-state index contributed by atoms with van der Waals surface area (Å²) in [6, 6.07) is 1.79. The van der Waals surface area contributed by atoms with Gasteiger partial charge in [-0.3, -0.25) is 4.79 Å². The Balaban J connectivity index is 1.91. The minimum Gasteiger partial charge on any atom is -0.444 e. The van der Waals surface area contributed by atoms with Crippen molar-refractivity contribution in [3.05, 3.63) is 22.4 Å². The zero-order valence-electron chi connectivity index (χ0n) is 14.8. The van der Waals surface area contributed by atoms with Gasteiger partial charge in [-0.2, -0.15) is 0 Å². The molecular formula is C17H26BrN3O3. The SMILES string of the molecule is CN(CC1CCCN(C(=O)c2cc(Br)c[nH]2)C1)C(=O)OC(C)(C)C. The predicted molar refractivity (Wildman–Crippen MR) is 96.0 cm³/mol. The van der Waals surface area contributed by atoms with Crippen LogP contribution in [0, 0.1) is 5.92 Å². The number of rotatable bonds is 3. The maximum atomic E-state index is 12.5. The normalized spacial score (nSPS) is 18.4. The van der Waals surface area contributed by atoms with Crippen LogP contribution in [0.15, 0.2) is 16.7 Å². The van der Waals surface area contributed by atoms with E-state index < -0.39 is 5.60 Å². The van der Waals surface area contributed by atoms with Crippen LogP contribution in [0.4, 0.5) is 4.79 Å². The Morgan fingerprint density at radius 1 is 1.46 bits per heavy atom. The number of piperidine rings is 1. The third-order valence-electron chi connectivity index (χ3n) is 3.92. The minimum absolute atomic E-state index is 0.00493. The Bertz CT molecular complexity index is 594. The van der Waals surface area contributed by atoms with E-state index in [1.807, 2.05) is 25.7 Å². The molecule has 1 aromatic rings. The van der Waals surface area contributed by atoms with Gasteiger partial charge in [0.15, 0.2) is 0 Å². The highest BCUT2D eigenvalue weighted by Crippen LogP contribution is 2.21. The predicted octanol–water partition coefficient (Wildman–Crippen LogP) is 3.50. The van der Waals surface area contributed by atoms with Gasteiger partial charge in [0.1, 0.15) is 11.3 Å². The lowest BCUT2D eigenvalue weighted by Gasteiger charge is -2.35. The number of H-pyrrole nitrogens is 1. The number of aromatic nitrogens is 1. The summed E-state index contributed by atoms with van der Waals surface area (Å²) in [7, 11) is 1.75. The van der Waals surface area contributed by atoms with Crippen molar-refractivity contribution in [1.82, 2.24) is 14.8 Å². The molecule has 2 amide bonds. The van der Waals surface area contributed by atoms with Gasteiger partial charge in [-0.05, 0) is 61.5 Å². The van der Waals surface area contributed by atoms with E-state index in [-0.39, 0.29) is 17.9 Å². The molecule has 1 aliphatic rings. The van der Waals surface area contributed by atoms with E-state index in [9.17, 15) is 9.59 Å². The molecule has 1 aromatic heterocycles. The molecule has 1 atom stereocenters. The Hall–Kier alpha value is -1.50. The van der Waals surface area contributed by atoms with E-state index in [4.69, 9.17) is 4.74 Å². The van der Waals surface area contributed by atoms with Crippen LogP contribution in [0.2, 0.25) is 0 Å². The molecule has 134 valence electrons. The number of carbonyl (C=O) groups is 2. The van der Waals surface area contributed by atoms with Crippen molar-refractivity contribution >= 4 is 27.9 Å². The van der Waals surface area contributed by atoms with E-state index >= 15 is 0 Å². The number of halogens is 1. The van der Waals surface area contributed by atoms with E-state index in [0.29, 0.717) is 18.8 Å². The first-order chi connectivity index (χ1) is 11.2. The molecule has 1 aliphatic heterocycles. The number of hydrogen-bond donors (Lipinski definition) is 1. The van der Waals surface area contributed by atoms with Crippen LogP contribution in [0.25, 0.3) is 0 Å². The topological polar surface area (TPSA) is 65.6 Å². The number of aromatic amines is 1. The molecule has 0 aromatic carbocycles. The van der Waals surface area contributed by atoms with Crippen molar-refractivity contribution in [2.45, 2.75) is 39.2 Å². The van der Waals surface area contributed by atoms with Crippen LogP contribution < -0.4 is 0 Å². The summed E-state index contributed by atoms with van der Waals surface area (Å²) in [5.41, 5.74) is 0.0870. The second-order valence-corrected chi connectivity index (χ2v) is 8.27. The summed E-state index contributed by atoms with van der Waals surface area (Å²) in [5, 5.41) is 0.